The van der Waals surface area contributed by atoms with Gasteiger partial charge in [0.25, 0.3) is 0 Å². The molecule has 1 fully saturated rings. The summed E-state index contributed by atoms with van der Waals surface area (Å²) in [6.07, 6.45) is 4.89. The maximum atomic E-state index is 12.3. The standard InChI is InChI=1S/C24H30N2O2/c27-23(21-12-5-2-6-13-21)15-16-24(28)25-22-14-8-18-26(19-22)17-7-11-20-9-3-1-4-10-20/h1-6,9-10,12-13,22H,7-8,11,14-19H2,(H,25,28). The largest absolute Gasteiger partial charge is 0.352 e. The Morgan fingerprint density at radius 2 is 1.68 bits per heavy atom. The molecule has 2 aromatic carbocycles. The minimum Gasteiger partial charge on any atom is -0.352 e. The summed E-state index contributed by atoms with van der Waals surface area (Å²) in [6, 6.07) is 20.0. The van der Waals surface area contributed by atoms with E-state index in [1.165, 1.54) is 5.56 Å². The summed E-state index contributed by atoms with van der Waals surface area (Å²) in [5.74, 6) is 0.0161. The molecule has 28 heavy (non-hydrogen) atoms. The lowest BCUT2D eigenvalue weighted by atomic mass is 10.0. The van der Waals surface area contributed by atoms with Crippen LogP contribution in [0.1, 0.15) is 48.0 Å². The Bertz CT molecular complexity index is 746. The topological polar surface area (TPSA) is 49.4 Å². The average molecular weight is 379 g/mol. The third-order valence-electron chi connectivity index (χ3n) is 5.33. The molecule has 1 atom stereocenters. The van der Waals surface area contributed by atoms with Crippen molar-refractivity contribution in [1.29, 1.82) is 0 Å². The molecule has 3 rings (SSSR count). The van der Waals surface area contributed by atoms with E-state index >= 15 is 0 Å². The number of hydrogen-bond donors (Lipinski definition) is 1. The van der Waals surface area contributed by atoms with Crippen LogP contribution in [0.25, 0.3) is 0 Å². The minimum absolute atomic E-state index is 0.0135. The number of likely N-dealkylation sites (tertiary alicyclic amines) is 1. The van der Waals surface area contributed by atoms with Crippen LogP contribution >= 0.6 is 0 Å². The van der Waals surface area contributed by atoms with E-state index in [2.05, 4.69) is 40.5 Å². The first kappa shape index (κ1) is 20.3. The van der Waals surface area contributed by atoms with Gasteiger partial charge in [-0.15, -0.1) is 0 Å². The zero-order valence-electron chi connectivity index (χ0n) is 16.5. The second-order valence-electron chi connectivity index (χ2n) is 7.59. The van der Waals surface area contributed by atoms with Gasteiger partial charge < -0.3 is 10.2 Å². The summed E-state index contributed by atoms with van der Waals surface area (Å²) in [7, 11) is 0. The third-order valence-corrected chi connectivity index (χ3v) is 5.33. The van der Waals surface area contributed by atoms with E-state index in [0.717, 1.165) is 45.3 Å². The van der Waals surface area contributed by atoms with Crippen molar-refractivity contribution >= 4 is 11.7 Å². The smallest absolute Gasteiger partial charge is 0.220 e. The first-order valence-electron chi connectivity index (χ1n) is 10.3. The molecule has 1 aliphatic heterocycles. The quantitative estimate of drug-likeness (QED) is 0.674. The molecule has 0 spiro atoms. The Balaban J connectivity index is 1.35. The minimum atomic E-state index is -0.0135. The highest BCUT2D eigenvalue weighted by Crippen LogP contribution is 2.13. The maximum Gasteiger partial charge on any atom is 0.220 e. The van der Waals surface area contributed by atoms with Crippen molar-refractivity contribution in [2.75, 3.05) is 19.6 Å². The highest BCUT2D eigenvalue weighted by Gasteiger charge is 2.21. The van der Waals surface area contributed by atoms with Crippen LogP contribution in [0.4, 0.5) is 0 Å². The van der Waals surface area contributed by atoms with Crippen LogP contribution in [-0.2, 0) is 11.2 Å². The van der Waals surface area contributed by atoms with Gasteiger partial charge in [0.1, 0.15) is 0 Å². The van der Waals surface area contributed by atoms with Gasteiger partial charge in [0, 0.05) is 31.0 Å². The number of ketones is 1. The summed E-state index contributed by atoms with van der Waals surface area (Å²) in [5, 5.41) is 3.13. The van der Waals surface area contributed by atoms with Crippen LogP contribution < -0.4 is 5.32 Å². The van der Waals surface area contributed by atoms with Gasteiger partial charge in [-0.05, 0) is 44.3 Å². The van der Waals surface area contributed by atoms with Gasteiger partial charge in [-0.3, -0.25) is 9.59 Å². The van der Waals surface area contributed by atoms with Gasteiger partial charge in [0.15, 0.2) is 5.78 Å². The monoisotopic (exact) mass is 378 g/mol. The third kappa shape index (κ3) is 6.61. The number of nitrogens with zero attached hydrogens (tertiary/aromatic N) is 1. The number of amides is 1. The van der Waals surface area contributed by atoms with Crippen LogP contribution in [0.3, 0.4) is 0 Å². The Kier molecular flexibility index (Phi) is 7.80. The zero-order chi connectivity index (χ0) is 19.6. The number of hydrogen-bond acceptors (Lipinski definition) is 3. The predicted octanol–water partition coefficient (Wildman–Crippen LogP) is 3.86. The number of piperidine rings is 1. The van der Waals surface area contributed by atoms with Gasteiger partial charge in [-0.1, -0.05) is 60.7 Å². The molecule has 0 saturated carbocycles. The Hall–Kier alpha value is -2.46. The van der Waals surface area contributed by atoms with E-state index in [9.17, 15) is 9.59 Å². The van der Waals surface area contributed by atoms with Gasteiger partial charge in [-0.2, -0.15) is 0 Å². The Morgan fingerprint density at radius 1 is 0.964 bits per heavy atom. The van der Waals surface area contributed by atoms with E-state index in [4.69, 9.17) is 0 Å². The molecule has 2 aromatic rings. The SMILES string of the molecule is O=C(CCC(=O)c1ccccc1)NC1CCCN(CCCc2ccccc2)C1. The molecule has 0 bridgehead atoms. The first-order chi connectivity index (χ1) is 13.7. The molecular weight excluding hydrogens is 348 g/mol. The summed E-state index contributed by atoms with van der Waals surface area (Å²) >= 11 is 0. The predicted molar refractivity (Wildman–Crippen MR) is 112 cm³/mol. The molecular formula is C24H30N2O2. The van der Waals surface area contributed by atoms with E-state index in [0.29, 0.717) is 5.56 Å². The number of nitrogens with one attached hydrogen (secondary N) is 1. The maximum absolute atomic E-state index is 12.3. The van der Waals surface area contributed by atoms with E-state index in [-0.39, 0.29) is 30.6 Å². The Morgan fingerprint density at radius 3 is 2.43 bits per heavy atom. The van der Waals surface area contributed by atoms with Crippen LogP contribution in [0, 0.1) is 0 Å². The van der Waals surface area contributed by atoms with Crippen molar-refractivity contribution < 1.29 is 9.59 Å². The van der Waals surface area contributed by atoms with E-state index < -0.39 is 0 Å². The summed E-state index contributed by atoms with van der Waals surface area (Å²) in [4.78, 5) is 26.9. The Labute approximate surface area is 167 Å². The fourth-order valence-corrected chi connectivity index (χ4v) is 3.82. The van der Waals surface area contributed by atoms with Crippen LogP contribution in [-0.4, -0.2) is 42.3 Å². The highest BCUT2D eigenvalue weighted by atomic mass is 16.2. The molecule has 1 saturated heterocycles. The second kappa shape index (κ2) is 10.8. The lowest BCUT2D eigenvalue weighted by Gasteiger charge is -2.33. The molecule has 1 aliphatic rings. The van der Waals surface area contributed by atoms with Gasteiger partial charge in [0.2, 0.25) is 5.91 Å². The van der Waals surface area contributed by atoms with Gasteiger partial charge in [-0.25, -0.2) is 0 Å². The number of aryl methyl sites for hydroxylation is 1. The highest BCUT2D eigenvalue weighted by molar-refractivity contribution is 5.97. The molecule has 0 aromatic heterocycles. The normalized spacial score (nSPS) is 17.2. The molecule has 1 N–H and O–H groups in total. The first-order valence-corrected chi connectivity index (χ1v) is 10.3. The molecule has 1 unspecified atom stereocenters. The number of Topliss-reactive ketones (excluding diaryl/α,β-unsaturated/α-hetero) is 1. The molecule has 0 radical (unpaired) electrons. The van der Waals surface area contributed by atoms with Crippen LogP contribution in [0.5, 0.6) is 0 Å². The van der Waals surface area contributed by atoms with Crippen molar-refractivity contribution in [2.24, 2.45) is 0 Å². The fraction of sp³-hybridized carbons (Fsp3) is 0.417. The molecule has 0 aliphatic carbocycles. The van der Waals surface area contributed by atoms with Crippen LogP contribution in [0.2, 0.25) is 0 Å². The summed E-state index contributed by atoms with van der Waals surface area (Å²) in [5.41, 5.74) is 2.06. The van der Waals surface area contributed by atoms with Crippen molar-refractivity contribution in [3.05, 3.63) is 71.8 Å². The number of benzene rings is 2. The molecule has 4 heteroatoms. The van der Waals surface area contributed by atoms with Gasteiger partial charge in [0.05, 0.1) is 0 Å². The molecule has 4 nitrogen and oxygen atoms in total. The lowest BCUT2D eigenvalue weighted by Crippen LogP contribution is -2.48. The number of carbonyl (C=O) groups excluding carboxylic acids is 2. The number of carbonyl (C=O) groups is 2. The zero-order valence-corrected chi connectivity index (χ0v) is 16.5. The molecule has 1 heterocycles. The summed E-state index contributed by atoms with van der Waals surface area (Å²) < 4.78 is 0. The lowest BCUT2D eigenvalue weighted by molar-refractivity contribution is -0.122. The van der Waals surface area contributed by atoms with Crippen molar-refractivity contribution in [1.82, 2.24) is 10.2 Å². The van der Waals surface area contributed by atoms with Crippen molar-refractivity contribution in [3.63, 3.8) is 0 Å². The van der Waals surface area contributed by atoms with Gasteiger partial charge >= 0.3 is 0 Å². The van der Waals surface area contributed by atoms with E-state index in [1.807, 2.05) is 18.2 Å². The van der Waals surface area contributed by atoms with E-state index in [1.54, 1.807) is 12.1 Å². The second-order valence-corrected chi connectivity index (χ2v) is 7.59. The average Bonchev–Trinajstić information content (AvgIpc) is 2.74. The molecule has 148 valence electrons. The summed E-state index contributed by atoms with van der Waals surface area (Å²) in [6.45, 7) is 3.08. The van der Waals surface area contributed by atoms with Crippen LogP contribution in [0.15, 0.2) is 60.7 Å². The number of rotatable bonds is 9. The van der Waals surface area contributed by atoms with Crippen molar-refractivity contribution in [2.45, 2.75) is 44.6 Å². The fourth-order valence-electron chi connectivity index (χ4n) is 3.82. The van der Waals surface area contributed by atoms with Crippen molar-refractivity contribution in [3.8, 4) is 0 Å². The molecule has 1 amide bonds.